The molecule has 2 N–H and O–H groups in total. The van der Waals surface area contributed by atoms with Crippen molar-refractivity contribution in [2.24, 2.45) is 0 Å². The summed E-state index contributed by atoms with van der Waals surface area (Å²) in [4.78, 5) is 0. The fraction of sp³-hybridized carbons (Fsp3) is 0.417. The molecule has 1 rings (SSSR count). The van der Waals surface area contributed by atoms with Gasteiger partial charge in [0.1, 0.15) is 0 Å². The Morgan fingerprint density at radius 2 is 2.16 bits per heavy atom. The lowest BCUT2D eigenvalue weighted by Gasteiger charge is -2.14. The van der Waals surface area contributed by atoms with E-state index >= 15 is 0 Å². The second-order valence-corrected chi connectivity index (χ2v) is 3.86. The summed E-state index contributed by atoms with van der Waals surface area (Å²) in [5.74, 6) is 0. The minimum atomic E-state index is -4.59. The van der Waals surface area contributed by atoms with Crippen molar-refractivity contribution in [3.8, 4) is 6.07 Å². The summed E-state index contributed by atoms with van der Waals surface area (Å²) in [6.07, 6.45) is -5.41. The highest BCUT2D eigenvalue weighted by Gasteiger charge is 2.33. The number of aliphatic hydroxyl groups is 1. The van der Waals surface area contributed by atoms with Gasteiger partial charge in [0.25, 0.3) is 0 Å². The predicted octanol–water partition coefficient (Wildman–Crippen LogP) is 2.00. The quantitative estimate of drug-likeness (QED) is 0.862. The van der Waals surface area contributed by atoms with Crippen molar-refractivity contribution < 1.29 is 23.0 Å². The standard InChI is InChI=1S/C12H13F3N2O2/c1-19-7-10(18)6-17-9-3-2-8(5-16)11(4-9)12(13,14)15/h2-4,10,17-18H,6-7H2,1H3. The minimum absolute atomic E-state index is 0.0526. The zero-order valence-electron chi connectivity index (χ0n) is 10.2. The molecule has 0 saturated heterocycles. The molecule has 0 fully saturated rings. The van der Waals surface area contributed by atoms with E-state index in [9.17, 15) is 18.3 Å². The zero-order chi connectivity index (χ0) is 14.5. The molecule has 1 unspecified atom stereocenters. The van der Waals surface area contributed by atoms with E-state index in [1.54, 1.807) is 0 Å². The number of alkyl halides is 3. The smallest absolute Gasteiger partial charge is 0.389 e. The molecule has 1 aromatic carbocycles. The van der Waals surface area contributed by atoms with Crippen molar-refractivity contribution in [2.75, 3.05) is 25.6 Å². The van der Waals surface area contributed by atoms with Crippen LogP contribution in [-0.2, 0) is 10.9 Å². The van der Waals surface area contributed by atoms with Crippen molar-refractivity contribution in [2.45, 2.75) is 12.3 Å². The first-order chi connectivity index (χ1) is 8.88. The third-order valence-electron chi connectivity index (χ3n) is 2.35. The number of anilines is 1. The van der Waals surface area contributed by atoms with Gasteiger partial charge in [-0.25, -0.2) is 0 Å². The number of aliphatic hydroxyl groups excluding tert-OH is 1. The summed E-state index contributed by atoms with van der Waals surface area (Å²) in [5.41, 5.74) is -1.25. The zero-order valence-corrected chi connectivity index (χ0v) is 10.2. The Hall–Kier alpha value is -1.78. The molecule has 104 valence electrons. The van der Waals surface area contributed by atoms with Crippen LogP contribution in [0.2, 0.25) is 0 Å². The Morgan fingerprint density at radius 1 is 1.47 bits per heavy atom. The van der Waals surface area contributed by atoms with E-state index in [1.807, 2.05) is 0 Å². The first-order valence-electron chi connectivity index (χ1n) is 5.40. The van der Waals surface area contributed by atoms with E-state index in [0.717, 1.165) is 12.1 Å². The number of hydrogen-bond acceptors (Lipinski definition) is 4. The largest absolute Gasteiger partial charge is 0.417 e. The maximum Gasteiger partial charge on any atom is 0.417 e. The molecule has 0 radical (unpaired) electrons. The Kier molecular flexibility index (Phi) is 5.15. The monoisotopic (exact) mass is 274 g/mol. The molecule has 0 aliphatic carbocycles. The summed E-state index contributed by atoms with van der Waals surface area (Å²) in [7, 11) is 1.41. The topological polar surface area (TPSA) is 65.3 Å². The van der Waals surface area contributed by atoms with Crippen molar-refractivity contribution in [1.29, 1.82) is 5.26 Å². The van der Waals surface area contributed by atoms with Crippen molar-refractivity contribution in [1.82, 2.24) is 0 Å². The van der Waals surface area contributed by atoms with Gasteiger partial charge in [-0.3, -0.25) is 0 Å². The number of nitrogens with one attached hydrogen (secondary N) is 1. The maximum atomic E-state index is 12.7. The van der Waals surface area contributed by atoms with Gasteiger partial charge < -0.3 is 15.2 Å². The molecule has 0 aromatic heterocycles. The van der Waals surface area contributed by atoms with Crippen LogP contribution >= 0.6 is 0 Å². The second kappa shape index (κ2) is 6.41. The molecule has 0 amide bonds. The normalized spacial score (nSPS) is 12.8. The van der Waals surface area contributed by atoms with Crippen molar-refractivity contribution in [3.63, 3.8) is 0 Å². The molecule has 4 nitrogen and oxygen atoms in total. The Bertz CT molecular complexity index is 469. The first-order valence-corrected chi connectivity index (χ1v) is 5.40. The Balaban J connectivity index is 2.85. The van der Waals surface area contributed by atoms with Gasteiger partial charge in [-0.1, -0.05) is 0 Å². The van der Waals surface area contributed by atoms with Gasteiger partial charge >= 0.3 is 6.18 Å². The number of ether oxygens (including phenoxy) is 1. The van der Waals surface area contributed by atoms with Crippen LogP contribution in [0.5, 0.6) is 0 Å². The molecule has 0 aliphatic heterocycles. The van der Waals surface area contributed by atoms with Crippen LogP contribution in [0.25, 0.3) is 0 Å². The lowest BCUT2D eigenvalue weighted by atomic mass is 10.1. The van der Waals surface area contributed by atoms with Gasteiger partial charge in [0.15, 0.2) is 0 Å². The Morgan fingerprint density at radius 3 is 2.68 bits per heavy atom. The summed E-state index contributed by atoms with van der Waals surface area (Å²) in [6, 6.07) is 4.79. The number of nitriles is 1. The van der Waals surface area contributed by atoms with E-state index < -0.39 is 23.4 Å². The molecule has 1 aromatic rings. The highest BCUT2D eigenvalue weighted by Crippen LogP contribution is 2.33. The lowest BCUT2D eigenvalue weighted by Crippen LogP contribution is -2.24. The predicted molar refractivity (Wildman–Crippen MR) is 62.5 cm³/mol. The van der Waals surface area contributed by atoms with Gasteiger partial charge in [0, 0.05) is 19.3 Å². The average molecular weight is 274 g/mol. The van der Waals surface area contributed by atoms with Crippen LogP contribution < -0.4 is 5.32 Å². The van der Waals surface area contributed by atoms with Gasteiger partial charge in [-0.2, -0.15) is 18.4 Å². The highest BCUT2D eigenvalue weighted by atomic mass is 19.4. The number of rotatable bonds is 5. The fourth-order valence-electron chi connectivity index (χ4n) is 1.47. The minimum Gasteiger partial charge on any atom is -0.389 e. The van der Waals surface area contributed by atoms with Gasteiger partial charge in [0.2, 0.25) is 0 Å². The van der Waals surface area contributed by atoms with Crippen LogP contribution in [0.1, 0.15) is 11.1 Å². The average Bonchev–Trinajstić information content (AvgIpc) is 2.35. The second-order valence-electron chi connectivity index (χ2n) is 3.86. The first kappa shape index (κ1) is 15.3. The van der Waals surface area contributed by atoms with Crippen molar-refractivity contribution >= 4 is 5.69 Å². The number of benzene rings is 1. The fourth-order valence-corrected chi connectivity index (χ4v) is 1.47. The molecule has 0 heterocycles. The van der Waals surface area contributed by atoms with Crippen molar-refractivity contribution in [3.05, 3.63) is 29.3 Å². The van der Waals surface area contributed by atoms with E-state index in [4.69, 9.17) is 10.00 Å². The van der Waals surface area contributed by atoms with Crippen LogP contribution in [0.4, 0.5) is 18.9 Å². The summed E-state index contributed by atoms with van der Waals surface area (Å²) >= 11 is 0. The summed E-state index contributed by atoms with van der Waals surface area (Å²) < 4.78 is 42.8. The summed E-state index contributed by atoms with van der Waals surface area (Å²) in [5, 5.41) is 20.7. The number of hydrogen-bond donors (Lipinski definition) is 2. The summed E-state index contributed by atoms with van der Waals surface area (Å²) in [6.45, 7) is 0.131. The number of nitrogens with zero attached hydrogens (tertiary/aromatic N) is 1. The van der Waals surface area contributed by atoms with Gasteiger partial charge in [0.05, 0.1) is 29.9 Å². The maximum absolute atomic E-state index is 12.7. The molecule has 0 bridgehead atoms. The molecule has 19 heavy (non-hydrogen) atoms. The molecular formula is C12H13F3N2O2. The van der Waals surface area contributed by atoms with Crippen LogP contribution in [-0.4, -0.2) is 31.5 Å². The van der Waals surface area contributed by atoms with Crippen LogP contribution in [0, 0.1) is 11.3 Å². The molecule has 7 heteroatoms. The molecule has 0 spiro atoms. The third-order valence-corrected chi connectivity index (χ3v) is 2.35. The van der Waals surface area contributed by atoms with E-state index in [2.05, 4.69) is 5.32 Å². The molecular weight excluding hydrogens is 261 g/mol. The van der Waals surface area contributed by atoms with E-state index in [0.29, 0.717) is 0 Å². The lowest BCUT2D eigenvalue weighted by molar-refractivity contribution is -0.137. The third kappa shape index (κ3) is 4.43. The molecule has 1 atom stereocenters. The SMILES string of the molecule is COCC(O)CNc1ccc(C#N)c(C(F)(F)F)c1. The van der Waals surface area contributed by atoms with Gasteiger partial charge in [-0.05, 0) is 18.2 Å². The molecule has 0 aliphatic rings. The van der Waals surface area contributed by atoms with Crippen LogP contribution in [0.3, 0.4) is 0 Å². The number of halogens is 3. The number of methoxy groups -OCH3 is 1. The Labute approximate surface area is 108 Å². The molecule has 0 saturated carbocycles. The van der Waals surface area contributed by atoms with Crippen LogP contribution in [0.15, 0.2) is 18.2 Å². The van der Waals surface area contributed by atoms with E-state index in [1.165, 1.54) is 19.2 Å². The van der Waals surface area contributed by atoms with E-state index in [-0.39, 0.29) is 18.8 Å². The highest BCUT2D eigenvalue weighted by molar-refractivity contribution is 5.53. The van der Waals surface area contributed by atoms with Gasteiger partial charge in [-0.15, -0.1) is 0 Å².